The third-order valence-corrected chi connectivity index (χ3v) is 4.99. The van der Waals surface area contributed by atoms with Crippen molar-refractivity contribution in [3.8, 4) is 5.75 Å². The summed E-state index contributed by atoms with van der Waals surface area (Å²) in [6.45, 7) is 1.72. The van der Waals surface area contributed by atoms with E-state index >= 15 is 0 Å². The van der Waals surface area contributed by atoms with Gasteiger partial charge >= 0.3 is 0 Å². The van der Waals surface area contributed by atoms with Crippen LogP contribution in [0, 0.1) is 18.6 Å². The predicted molar refractivity (Wildman–Crippen MR) is 104 cm³/mol. The summed E-state index contributed by atoms with van der Waals surface area (Å²) in [5, 5.41) is 2.73. The van der Waals surface area contributed by atoms with Crippen molar-refractivity contribution in [2.24, 2.45) is 0 Å². The van der Waals surface area contributed by atoms with Crippen molar-refractivity contribution in [3.63, 3.8) is 0 Å². The van der Waals surface area contributed by atoms with Gasteiger partial charge in [-0.2, -0.15) is 0 Å². The molecular formula is C19H15BrF2N2O2S. The minimum absolute atomic E-state index is 0.0184. The van der Waals surface area contributed by atoms with Crippen LogP contribution < -0.4 is 9.64 Å². The molecule has 0 saturated carbocycles. The molecule has 140 valence electrons. The maximum absolute atomic E-state index is 13.9. The van der Waals surface area contributed by atoms with Gasteiger partial charge in [-0.1, -0.05) is 15.9 Å². The van der Waals surface area contributed by atoms with Crippen molar-refractivity contribution in [3.05, 3.63) is 74.7 Å². The van der Waals surface area contributed by atoms with Gasteiger partial charge in [0.2, 0.25) is 0 Å². The average molecular weight is 453 g/mol. The van der Waals surface area contributed by atoms with Crippen LogP contribution in [-0.2, 0) is 11.3 Å². The van der Waals surface area contributed by atoms with Crippen LogP contribution in [0.3, 0.4) is 0 Å². The van der Waals surface area contributed by atoms with E-state index in [4.69, 9.17) is 4.74 Å². The number of aryl methyl sites for hydroxylation is 1. The summed E-state index contributed by atoms with van der Waals surface area (Å²) in [6.07, 6.45) is 0. The number of hydrogen-bond acceptors (Lipinski definition) is 4. The van der Waals surface area contributed by atoms with Crippen LogP contribution in [0.2, 0.25) is 0 Å². The lowest BCUT2D eigenvalue weighted by molar-refractivity contribution is -0.120. The molecule has 3 aromatic rings. The van der Waals surface area contributed by atoms with Gasteiger partial charge in [-0.05, 0) is 49.4 Å². The highest BCUT2D eigenvalue weighted by atomic mass is 79.9. The number of anilines is 1. The summed E-state index contributed by atoms with van der Waals surface area (Å²) >= 11 is 4.64. The molecule has 0 aliphatic rings. The van der Waals surface area contributed by atoms with Gasteiger partial charge in [0.25, 0.3) is 5.91 Å². The smallest absolute Gasteiger partial charge is 0.265 e. The number of rotatable bonds is 6. The number of halogens is 3. The molecule has 4 nitrogen and oxygen atoms in total. The molecule has 0 atom stereocenters. The number of ether oxygens (including phenoxy) is 1. The molecule has 0 unspecified atom stereocenters. The summed E-state index contributed by atoms with van der Waals surface area (Å²) in [7, 11) is 0. The first-order valence-electron chi connectivity index (χ1n) is 7.97. The molecule has 0 fully saturated rings. The molecule has 0 N–H and O–H groups in total. The Morgan fingerprint density at radius 1 is 1.22 bits per heavy atom. The minimum Gasteiger partial charge on any atom is -0.481 e. The van der Waals surface area contributed by atoms with E-state index in [0.717, 1.165) is 5.01 Å². The Kier molecular flexibility index (Phi) is 6.18. The first kappa shape index (κ1) is 19.4. The van der Waals surface area contributed by atoms with E-state index in [2.05, 4.69) is 20.9 Å². The average Bonchev–Trinajstić information content (AvgIpc) is 3.04. The number of benzene rings is 2. The molecule has 1 heterocycles. The van der Waals surface area contributed by atoms with Gasteiger partial charge in [0.15, 0.2) is 18.2 Å². The second-order valence-electron chi connectivity index (χ2n) is 5.68. The second-order valence-corrected chi connectivity index (χ2v) is 7.66. The molecular weight excluding hydrogens is 438 g/mol. The van der Waals surface area contributed by atoms with Crippen molar-refractivity contribution < 1.29 is 18.3 Å². The largest absolute Gasteiger partial charge is 0.481 e. The lowest BCUT2D eigenvalue weighted by Crippen LogP contribution is -2.34. The summed E-state index contributed by atoms with van der Waals surface area (Å²) in [5.41, 5.74) is 1.22. The Morgan fingerprint density at radius 2 is 1.96 bits per heavy atom. The third kappa shape index (κ3) is 5.11. The van der Waals surface area contributed by atoms with Crippen molar-refractivity contribution in [1.82, 2.24) is 4.98 Å². The topological polar surface area (TPSA) is 42.4 Å². The van der Waals surface area contributed by atoms with E-state index < -0.39 is 17.5 Å². The fraction of sp³-hybridized carbons (Fsp3) is 0.158. The van der Waals surface area contributed by atoms with Gasteiger partial charge in [-0.15, -0.1) is 11.3 Å². The molecule has 8 heteroatoms. The summed E-state index contributed by atoms with van der Waals surface area (Å²) in [6, 6.07) is 9.89. The van der Waals surface area contributed by atoms with Crippen LogP contribution in [0.4, 0.5) is 14.5 Å². The number of amides is 1. The maximum Gasteiger partial charge on any atom is 0.265 e. The van der Waals surface area contributed by atoms with Gasteiger partial charge in [-0.3, -0.25) is 4.79 Å². The number of carbonyl (C=O) groups excluding carboxylic acids is 1. The second kappa shape index (κ2) is 8.58. The zero-order valence-electron chi connectivity index (χ0n) is 14.3. The van der Waals surface area contributed by atoms with Crippen molar-refractivity contribution in [2.75, 3.05) is 11.5 Å². The molecule has 1 aromatic heterocycles. The quantitative estimate of drug-likeness (QED) is 0.522. The van der Waals surface area contributed by atoms with Crippen LogP contribution >= 0.6 is 27.3 Å². The highest BCUT2D eigenvalue weighted by Gasteiger charge is 2.19. The molecule has 0 spiro atoms. The molecule has 0 saturated heterocycles. The van der Waals surface area contributed by atoms with Crippen LogP contribution in [0.5, 0.6) is 5.75 Å². The van der Waals surface area contributed by atoms with Gasteiger partial charge in [0.1, 0.15) is 5.82 Å². The number of thiazole rings is 1. The first-order valence-corrected chi connectivity index (χ1v) is 9.64. The van der Waals surface area contributed by atoms with Crippen LogP contribution in [0.25, 0.3) is 0 Å². The number of nitrogens with zero attached hydrogens (tertiary/aromatic N) is 2. The Hall–Kier alpha value is -2.32. The van der Waals surface area contributed by atoms with E-state index in [1.54, 1.807) is 6.07 Å². The molecule has 2 aromatic carbocycles. The summed E-state index contributed by atoms with van der Waals surface area (Å²) in [4.78, 5) is 18.5. The first-order chi connectivity index (χ1) is 12.9. The third-order valence-electron chi connectivity index (χ3n) is 3.67. The Labute approximate surface area is 167 Å². The molecule has 0 aliphatic carbocycles. The standard InChI is InChI=1S/C19H15BrF2N2O2S/c1-12-23-15(11-27-12)9-24(16-5-3-14(21)4-6-16)19(25)10-26-18-7-2-13(20)8-17(18)22/h2-8,11H,9-10H2,1H3. The zero-order chi connectivity index (χ0) is 19.4. The molecule has 0 radical (unpaired) electrons. The van der Waals surface area contributed by atoms with E-state index in [1.165, 1.54) is 52.6 Å². The maximum atomic E-state index is 13.9. The Morgan fingerprint density at radius 3 is 2.59 bits per heavy atom. The molecule has 1 amide bonds. The van der Waals surface area contributed by atoms with Gasteiger partial charge in [-0.25, -0.2) is 13.8 Å². The van der Waals surface area contributed by atoms with Crippen LogP contribution in [-0.4, -0.2) is 17.5 Å². The monoisotopic (exact) mass is 452 g/mol. The van der Waals surface area contributed by atoms with Crippen LogP contribution in [0.1, 0.15) is 10.7 Å². The molecule has 27 heavy (non-hydrogen) atoms. The zero-order valence-corrected chi connectivity index (χ0v) is 16.7. The normalized spacial score (nSPS) is 10.7. The predicted octanol–water partition coefficient (Wildman–Crippen LogP) is 5.10. The lowest BCUT2D eigenvalue weighted by Gasteiger charge is -2.22. The highest BCUT2D eigenvalue weighted by Crippen LogP contribution is 2.23. The van der Waals surface area contributed by atoms with Crippen molar-refractivity contribution in [2.45, 2.75) is 13.5 Å². The minimum atomic E-state index is -0.569. The number of hydrogen-bond donors (Lipinski definition) is 0. The van der Waals surface area contributed by atoms with E-state index in [-0.39, 0.29) is 18.9 Å². The Balaban J connectivity index is 1.78. The summed E-state index contributed by atoms with van der Waals surface area (Å²) < 4.78 is 33.1. The number of aromatic nitrogens is 1. The summed E-state index contributed by atoms with van der Waals surface area (Å²) in [5.74, 6) is -1.38. The van der Waals surface area contributed by atoms with Gasteiger partial charge < -0.3 is 9.64 Å². The number of carbonyl (C=O) groups is 1. The van der Waals surface area contributed by atoms with Gasteiger partial charge in [0.05, 0.1) is 17.2 Å². The fourth-order valence-corrected chi connectivity index (χ4v) is 3.33. The molecule has 0 aliphatic heterocycles. The van der Waals surface area contributed by atoms with E-state index in [0.29, 0.717) is 15.9 Å². The highest BCUT2D eigenvalue weighted by molar-refractivity contribution is 9.10. The lowest BCUT2D eigenvalue weighted by atomic mass is 10.2. The molecule has 3 rings (SSSR count). The molecule has 0 bridgehead atoms. The van der Waals surface area contributed by atoms with Crippen molar-refractivity contribution >= 4 is 38.9 Å². The van der Waals surface area contributed by atoms with Gasteiger partial charge in [0, 0.05) is 15.5 Å². The van der Waals surface area contributed by atoms with Crippen molar-refractivity contribution in [1.29, 1.82) is 0 Å². The fourth-order valence-electron chi connectivity index (χ4n) is 2.40. The van der Waals surface area contributed by atoms with E-state index in [9.17, 15) is 13.6 Å². The Bertz CT molecular complexity index is 947. The SMILES string of the molecule is Cc1nc(CN(C(=O)COc2ccc(Br)cc2F)c2ccc(F)cc2)cs1. The van der Waals surface area contributed by atoms with E-state index in [1.807, 2.05) is 12.3 Å². The van der Waals surface area contributed by atoms with Crippen LogP contribution in [0.15, 0.2) is 52.3 Å².